The van der Waals surface area contributed by atoms with Gasteiger partial charge in [0, 0.05) is 11.6 Å². The van der Waals surface area contributed by atoms with Crippen LogP contribution in [0.15, 0.2) is 36.5 Å². The van der Waals surface area contributed by atoms with Crippen molar-refractivity contribution in [2.45, 2.75) is 6.58 Å². The Morgan fingerprint density at radius 3 is 3.00 bits per heavy atom. The summed E-state index contributed by atoms with van der Waals surface area (Å²) in [6.45, 7) is -1.19. The molecule has 1 unspecified atom stereocenters. The maximum atomic E-state index is 9.16. The van der Waals surface area contributed by atoms with Gasteiger partial charge < -0.3 is 5.11 Å². The molecule has 0 saturated carbocycles. The Morgan fingerprint density at radius 2 is 2.17 bits per heavy atom. The molecule has 2 rings (SSSR count). The molecule has 1 heterocycles. The van der Waals surface area contributed by atoms with E-state index in [2.05, 4.69) is 4.98 Å². The molecule has 0 fully saturated rings. The van der Waals surface area contributed by atoms with Crippen LogP contribution in [0.5, 0.6) is 0 Å². The molecule has 1 atom stereocenters. The number of aromatic nitrogens is 1. The summed E-state index contributed by atoms with van der Waals surface area (Å²) in [5.41, 5.74) is 1.41. The molecule has 2 nitrogen and oxygen atoms in total. The van der Waals surface area contributed by atoms with E-state index in [9.17, 15) is 0 Å². The van der Waals surface area contributed by atoms with Crippen LogP contribution in [0, 0.1) is 0 Å². The number of hydrogen-bond donors (Lipinski definition) is 1. The van der Waals surface area contributed by atoms with Gasteiger partial charge in [0.2, 0.25) is 0 Å². The summed E-state index contributed by atoms with van der Waals surface area (Å²) < 4.78 is 7.23. The largest absolute Gasteiger partial charge is 0.392 e. The van der Waals surface area contributed by atoms with Gasteiger partial charge >= 0.3 is 0 Å². The number of aliphatic hydroxyl groups excluding tert-OH is 1. The molecule has 0 amide bonds. The first-order valence-electron chi connectivity index (χ1n) is 4.31. The molecule has 1 N–H and O–H groups in total. The summed E-state index contributed by atoms with van der Waals surface area (Å²) in [5, 5.41) is 10.0. The van der Waals surface area contributed by atoms with Crippen molar-refractivity contribution in [2.24, 2.45) is 0 Å². The monoisotopic (exact) mass is 160 g/mol. The molecular formula is C10H9NO. The van der Waals surface area contributed by atoms with E-state index >= 15 is 0 Å². The van der Waals surface area contributed by atoms with Gasteiger partial charge in [0.15, 0.2) is 0 Å². The molecule has 0 bridgehead atoms. The Morgan fingerprint density at radius 1 is 1.33 bits per heavy atom. The van der Waals surface area contributed by atoms with E-state index in [1.807, 2.05) is 24.3 Å². The highest BCUT2D eigenvalue weighted by atomic mass is 16.3. The van der Waals surface area contributed by atoms with Crippen LogP contribution >= 0.6 is 0 Å². The van der Waals surface area contributed by atoms with Crippen molar-refractivity contribution in [2.75, 3.05) is 0 Å². The van der Waals surface area contributed by atoms with Gasteiger partial charge in [-0.3, -0.25) is 4.98 Å². The molecule has 0 aliphatic heterocycles. The Labute approximate surface area is 71.9 Å². The first kappa shape index (κ1) is 6.14. The molecule has 12 heavy (non-hydrogen) atoms. The quantitative estimate of drug-likeness (QED) is 0.689. The number of hydrogen-bond acceptors (Lipinski definition) is 2. The fraction of sp³-hybridized carbons (Fsp3) is 0.100. The van der Waals surface area contributed by atoms with Crippen molar-refractivity contribution in [1.29, 1.82) is 0 Å². The molecule has 2 heteroatoms. The average molecular weight is 160 g/mol. The van der Waals surface area contributed by atoms with Crippen LogP contribution in [0.4, 0.5) is 0 Å². The molecule has 1 aromatic carbocycles. The highest BCUT2D eigenvalue weighted by molar-refractivity contribution is 5.81. The Hall–Kier alpha value is -1.41. The van der Waals surface area contributed by atoms with Crippen molar-refractivity contribution in [1.82, 2.24) is 4.98 Å². The van der Waals surface area contributed by atoms with Crippen molar-refractivity contribution < 1.29 is 6.48 Å². The van der Waals surface area contributed by atoms with Gasteiger partial charge in [-0.2, -0.15) is 0 Å². The zero-order valence-corrected chi connectivity index (χ0v) is 6.44. The van der Waals surface area contributed by atoms with Crippen molar-refractivity contribution >= 4 is 10.9 Å². The minimum atomic E-state index is -1.19. The number of nitrogens with zero attached hydrogens (tertiary/aromatic N) is 1. The first-order chi connectivity index (χ1) is 6.29. The summed E-state index contributed by atoms with van der Waals surface area (Å²) in [4.78, 5) is 4.13. The third-order valence-electron chi connectivity index (χ3n) is 1.82. The van der Waals surface area contributed by atoms with Gasteiger partial charge in [-0.25, -0.2) is 0 Å². The molecule has 0 saturated heterocycles. The lowest BCUT2D eigenvalue weighted by Gasteiger charge is -2.00. The maximum absolute atomic E-state index is 9.16. The van der Waals surface area contributed by atoms with Crippen LogP contribution in [0.25, 0.3) is 10.9 Å². The highest BCUT2D eigenvalue weighted by Gasteiger charge is 1.97. The maximum Gasteiger partial charge on any atom is 0.0705 e. The van der Waals surface area contributed by atoms with Crippen LogP contribution in [0.1, 0.15) is 6.93 Å². The van der Waals surface area contributed by atoms with Gasteiger partial charge in [0.1, 0.15) is 0 Å². The van der Waals surface area contributed by atoms with E-state index in [1.165, 1.54) is 0 Å². The summed E-state index contributed by atoms with van der Waals surface area (Å²) in [7, 11) is 0. The lowest BCUT2D eigenvalue weighted by Crippen LogP contribution is -1.86. The van der Waals surface area contributed by atoms with Crippen molar-refractivity contribution in [3.8, 4) is 0 Å². The molecular weight excluding hydrogens is 150 g/mol. The van der Waals surface area contributed by atoms with Gasteiger partial charge in [-0.05, 0) is 17.7 Å². The van der Waals surface area contributed by atoms with Gasteiger partial charge in [-0.1, -0.05) is 18.2 Å². The molecule has 0 spiro atoms. The number of pyridine rings is 1. The number of benzene rings is 1. The SMILES string of the molecule is [2H]C(O)c1ccnc2ccccc12. The lowest BCUT2D eigenvalue weighted by molar-refractivity contribution is 0.283. The number of rotatable bonds is 1. The zero-order valence-electron chi connectivity index (χ0n) is 7.44. The Kier molecular flexibility index (Phi) is 1.49. The van der Waals surface area contributed by atoms with Crippen LogP contribution in [-0.2, 0) is 6.58 Å². The topological polar surface area (TPSA) is 33.1 Å². The van der Waals surface area contributed by atoms with Crippen LogP contribution in [0.3, 0.4) is 0 Å². The van der Waals surface area contributed by atoms with Gasteiger partial charge in [0.25, 0.3) is 0 Å². The van der Waals surface area contributed by atoms with E-state index in [0.717, 1.165) is 10.9 Å². The zero-order chi connectivity index (χ0) is 9.26. The first-order valence-corrected chi connectivity index (χ1v) is 3.73. The van der Waals surface area contributed by atoms with E-state index in [-0.39, 0.29) is 0 Å². The minimum absolute atomic E-state index is 0.602. The molecule has 0 aliphatic carbocycles. The highest BCUT2D eigenvalue weighted by Crippen LogP contribution is 2.15. The third-order valence-corrected chi connectivity index (χ3v) is 1.82. The lowest BCUT2D eigenvalue weighted by atomic mass is 10.1. The summed E-state index contributed by atoms with van der Waals surface area (Å²) in [5.74, 6) is 0. The van der Waals surface area contributed by atoms with Crippen LogP contribution in [0.2, 0.25) is 0 Å². The van der Waals surface area contributed by atoms with E-state index in [0.29, 0.717) is 5.56 Å². The van der Waals surface area contributed by atoms with E-state index in [4.69, 9.17) is 6.48 Å². The molecule has 2 aromatic rings. The fourth-order valence-corrected chi connectivity index (χ4v) is 1.23. The van der Waals surface area contributed by atoms with E-state index < -0.39 is 6.58 Å². The smallest absolute Gasteiger partial charge is 0.0705 e. The molecule has 60 valence electrons. The minimum Gasteiger partial charge on any atom is -0.392 e. The fourth-order valence-electron chi connectivity index (χ4n) is 1.23. The number of aliphatic hydroxyl groups is 1. The molecule has 1 aromatic heterocycles. The Balaban J connectivity index is 2.76. The number of fused-ring (bicyclic) bond motifs is 1. The van der Waals surface area contributed by atoms with Gasteiger partial charge in [0.05, 0.1) is 13.5 Å². The van der Waals surface area contributed by atoms with Gasteiger partial charge in [-0.15, -0.1) is 0 Å². The third kappa shape index (κ3) is 1.06. The van der Waals surface area contributed by atoms with Crippen LogP contribution in [-0.4, -0.2) is 10.1 Å². The predicted molar refractivity (Wildman–Crippen MR) is 47.7 cm³/mol. The number of para-hydroxylation sites is 1. The van der Waals surface area contributed by atoms with Crippen molar-refractivity contribution in [3.05, 3.63) is 42.1 Å². The molecule has 0 aliphatic rings. The second-order valence-corrected chi connectivity index (χ2v) is 2.55. The van der Waals surface area contributed by atoms with Crippen molar-refractivity contribution in [3.63, 3.8) is 0 Å². The predicted octanol–water partition coefficient (Wildman–Crippen LogP) is 1.73. The second kappa shape index (κ2) is 2.91. The average Bonchev–Trinajstić information content (AvgIpc) is 2.17. The van der Waals surface area contributed by atoms with Crippen LogP contribution < -0.4 is 0 Å². The normalized spacial score (nSPS) is 14.2. The summed E-state index contributed by atoms with van der Waals surface area (Å²) in [6.07, 6.45) is 1.61. The van der Waals surface area contributed by atoms with E-state index in [1.54, 1.807) is 12.3 Å². The summed E-state index contributed by atoms with van der Waals surface area (Å²) >= 11 is 0. The second-order valence-electron chi connectivity index (χ2n) is 2.55. The molecule has 0 radical (unpaired) electrons. The Bertz CT molecular complexity index is 423. The summed E-state index contributed by atoms with van der Waals surface area (Å²) in [6, 6.07) is 9.14. The standard InChI is InChI=1S/C10H9NO/c12-7-8-5-6-11-10-4-2-1-3-9(8)10/h1-6,12H,7H2/i7D.